The zero-order valence-electron chi connectivity index (χ0n) is 21.3. The van der Waals surface area contributed by atoms with Crippen molar-refractivity contribution in [2.75, 3.05) is 24.6 Å². The summed E-state index contributed by atoms with van der Waals surface area (Å²) in [6, 6.07) is 0.254. The van der Waals surface area contributed by atoms with Gasteiger partial charge >= 0.3 is 5.97 Å². The van der Waals surface area contributed by atoms with Gasteiger partial charge in [-0.05, 0) is 50.0 Å². The third-order valence-corrected chi connectivity index (χ3v) is 6.55. The van der Waals surface area contributed by atoms with Gasteiger partial charge in [-0.25, -0.2) is 23.5 Å². The van der Waals surface area contributed by atoms with Gasteiger partial charge in [0.15, 0.2) is 0 Å². The molecule has 12 heteroatoms. The van der Waals surface area contributed by atoms with Gasteiger partial charge in [0, 0.05) is 44.0 Å². The van der Waals surface area contributed by atoms with E-state index in [9.17, 15) is 28.3 Å². The molecule has 0 bridgehead atoms. The predicted molar refractivity (Wildman–Crippen MR) is 135 cm³/mol. The zero-order valence-corrected chi connectivity index (χ0v) is 21.3. The first-order valence-corrected chi connectivity index (χ1v) is 12.7. The molecule has 2 amide bonds. The number of piperidine rings is 1. The van der Waals surface area contributed by atoms with Crippen LogP contribution in [0.3, 0.4) is 0 Å². The summed E-state index contributed by atoms with van der Waals surface area (Å²) >= 11 is 0. The molecule has 10 nitrogen and oxygen atoms in total. The van der Waals surface area contributed by atoms with Crippen molar-refractivity contribution in [2.24, 2.45) is 11.7 Å². The van der Waals surface area contributed by atoms with E-state index in [2.05, 4.69) is 21.8 Å². The summed E-state index contributed by atoms with van der Waals surface area (Å²) in [6.45, 7) is 4.04. The van der Waals surface area contributed by atoms with Crippen molar-refractivity contribution in [3.05, 3.63) is 47.3 Å². The molecule has 0 spiro atoms. The Morgan fingerprint density at radius 3 is 2.37 bits per heavy atom. The monoisotopic (exact) mass is 533 g/mol. The fourth-order valence-corrected chi connectivity index (χ4v) is 4.30. The van der Waals surface area contributed by atoms with E-state index in [0.29, 0.717) is 12.3 Å². The Labute approximate surface area is 219 Å². The molecular weight excluding hydrogens is 500 g/mol. The van der Waals surface area contributed by atoms with Crippen LogP contribution in [-0.4, -0.2) is 58.6 Å². The van der Waals surface area contributed by atoms with Gasteiger partial charge in [0.25, 0.3) is 5.91 Å². The lowest BCUT2D eigenvalue weighted by Gasteiger charge is -2.32. The summed E-state index contributed by atoms with van der Waals surface area (Å²) in [6.07, 6.45) is 7.57. The van der Waals surface area contributed by atoms with Crippen LogP contribution in [0.1, 0.15) is 61.4 Å². The van der Waals surface area contributed by atoms with Crippen LogP contribution in [0.15, 0.2) is 24.5 Å². The molecule has 0 saturated carbocycles. The number of aromatic nitrogens is 2. The number of benzene rings is 1. The fourth-order valence-electron chi connectivity index (χ4n) is 4.30. The van der Waals surface area contributed by atoms with Gasteiger partial charge in [0.1, 0.15) is 29.0 Å². The van der Waals surface area contributed by atoms with Crippen LogP contribution in [0.5, 0.6) is 5.75 Å². The molecule has 1 aromatic carbocycles. The second-order valence-corrected chi connectivity index (χ2v) is 9.30. The van der Waals surface area contributed by atoms with Gasteiger partial charge in [-0.15, -0.1) is 0 Å². The molecule has 0 aliphatic carbocycles. The maximum atomic E-state index is 14.5. The molecule has 1 atom stereocenters. The van der Waals surface area contributed by atoms with Crippen LogP contribution in [0.2, 0.25) is 0 Å². The first-order chi connectivity index (χ1) is 18.2. The highest BCUT2D eigenvalue weighted by atomic mass is 19.1. The number of anilines is 1. The molecule has 38 heavy (non-hydrogen) atoms. The van der Waals surface area contributed by atoms with Crippen LogP contribution in [0.4, 0.5) is 14.7 Å². The number of primary amides is 1. The van der Waals surface area contributed by atoms with Crippen molar-refractivity contribution in [3.8, 4) is 5.75 Å². The number of carbonyl (C=O) groups excluding carboxylic acids is 2. The van der Waals surface area contributed by atoms with E-state index in [0.717, 1.165) is 62.4 Å². The van der Waals surface area contributed by atoms with E-state index >= 15 is 0 Å². The Hall–Kier alpha value is -3.83. The van der Waals surface area contributed by atoms with Crippen molar-refractivity contribution in [3.63, 3.8) is 0 Å². The Kier molecular flexibility index (Phi) is 10.3. The lowest BCUT2D eigenvalue weighted by molar-refractivity contribution is -0.139. The molecule has 1 aliphatic heterocycles. The molecule has 2 aromatic rings. The molecule has 1 aliphatic rings. The number of carboxylic acids is 1. The molecule has 4 N–H and O–H groups in total. The minimum atomic E-state index is -1.52. The minimum absolute atomic E-state index is 0.0671. The number of hydrogen-bond acceptors (Lipinski definition) is 7. The number of ether oxygens (including phenoxy) is 1. The highest BCUT2D eigenvalue weighted by Crippen LogP contribution is 2.25. The number of rotatable bonds is 13. The van der Waals surface area contributed by atoms with Crippen molar-refractivity contribution < 1.29 is 33.0 Å². The summed E-state index contributed by atoms with van der Waals surface area (Å²) in [5.74, 6) is -4.65. The van der Waals surface area contributed by atoms with Crippen LogP contribution in [0, 0.1) is 17.6 Å². The predicted octanol–water partition coefficient (Wildman–Crippen LogP) is 2.84. The van der Waals surface area contributed by atoms with Crippen LogP contribution in [-0.2, 0) is 16.0 Å². The number of hydrogen-bond donors (Lipinski definition) is 3. The molecular formula is C26H33F2N5O5. The number of carboxylic acid groups (broad SMARTS) is 1. The number of aryl methyl sites for hydroxylation is 1. The number of halogens is 2. The fraction of sp³-hybridized carbons (Fsp3) is 0.500. The lowest BCUT2D eigenvalue weighted by atomic mass is 9.92. The summed E-state index contributed by atoms with van der Waals surface area (Å²) in [5, 5.41) is 11.2. The Morgan fingerprint density at radius 1 is 1.18 bits per heavy atom. The van der Waals surface area contributed by atoms with E-state index in [1.54, 1.807) is 0 Å². The molecule has 206 valence electrons. The lowest BCUT2D eigenvalue weighted by Crippen LogP contribution is -2.42. The Balaban J connectivity index is 1.45. The van der Waals surface area contributed by atoms with E-state index in [4.69, 9.17) is 10.5 Å². The number of amides is 2. The molecule has 1 aromatic heterocycles. The average Bonchev–Trinajstić information content (AvgIpc) is 2.89. The van der Waals surface area contributed by atoms with E-state index in [-0.39, 0.29) is 25.2 Å². The average molecular weight is 534 g/mol. The molecule has 3 rings (SSSR count). The molecule has 1 saturated heterocycles. The van der Waals surface area contributed by atoms with Gasteiger partial charge in [0.2, 0.25) is 11.9 Å². The standard InChI is InChI=1S/C26H33F2N5O5/c1-2-16-14-30-26(31-15-16)33-9-7-17(8-10-33)4-3-11-38-18-12-19(27)23(20(28)13-18)24(35)32-21(25(36)37)5-6-22(29)34/h12-15,17,21H,2-11H2,1H3,(H2,29,34)(H,32,35)(H,36,37)/t21-/m0/s1. The number of nitrogens with one attached hydrogen (secondary N) is 1. The van der Waals surface area contributed by atoms with E-state index in [1.165, 1.54) is 0 Å². The van der Waals surface area contributed by atoms with Crippen LogP contribution in [0.25, 0.3) is 0 Å². The van der Waals surface area contributed by atoms with Crippen LogP contribution >= 0.6 is 0 Å². The van der Waals surface area contributed by atoms with Crippen molar-refractivity contribution >= 4 is 23.7 Å². The summed E-state index contributed by atoms with van der Waals surface area (Å²) in [5.41, 5.74) is 5.16. The van der Waals surface area contributed by atoms with Crippen molar-refractivity contribution in [1.29, 1.82) is 0 Å². The number of nitrogens with zero attached hydrogens (tertiary/aromatic N) is 3. The summed E-state index contributed by atoms with van der Waals surface area (Å²) in [4.78, 5) is 45.5. The highest BCUT2D eigenvalue weighted by molar-refractivity contribution is 5.97. The van der Waals surface area contributed by atoms with E-state index < -0.39 is 41.0 Å². The second kappa shape index (κ2) is 13.6. The van der Waals surface area contributed by atoms with Gasteiger partial charge < -0.3 is 25.8 Å². The molecule has 0 unspecified atom stereocenters. The number of carbonyl (C=O) groups is 3. The van der Waals surface area contributed by atoms with Crippen LogP contribution < -0.4 is 20.7 Å². The van der Waals surface area contributed by atoms with Crippen molar-refractivity contribution in [2.45, 2.75) is 57.9 Å². The highest BCUT2D eigenvalue weighted by Gasteiger charge is 2.26. The van der Waals surface area contributed by atoms with Crippen molar-refractivity contribution in [1.82, 2.24) is 15.3 Å². The maximum absolute atomic E-state index is 14.5. The topological polar surface area (TPSA) is 148 Å². The van der Waals surface area contributed by atoms with E-state index in [1.807, 2.05) is 17.7 Å². The SMILES string of the molecule is CCc1cnc(N2CCC(CCCOc3cc(F)c(C(=O)N[C@@H](CCC(N)=O)C(=O)O)c(F)c3)CC2)nc1. The Morgan fingerprint density at radius 2 is 1.82 bits per heavy atom. The van der Waals surface area contributed by atoms with Gasteiger partial charge in [-0.1, -0.05) is 6.92 Å². The van der Waals surface area contributed by atoms with Gasteiger partial charge in [0.05, 0.1) is 6.61 Å². The molecule has 0 radical (unpaired) electrons. The first-order valence-electron chi connectivity index (χ1n) is 12.7. The quantitative estimate of drug-likeness (QED) is 0.333. The first kappa shape index (κ1) is 28.7. The second-order valence-electron chi connectivity index (χ2n) is 9.30. The normalized spacial score (nSPS) is 14.7. The smallest absolute Gasteiger partial charge is 0.326 e. The summed E-state index contributed by atoms with van der Waals surface area (Å²) < 4.78 is 34.6. The summed E-state index contributed by atoms with van der Waals surface area (Å²) in [7, 11) is 0. The third-order valence-electron chi connectivity index (χ3n) is 6.55. The maximum Gasteiger partial charge on any atom is 0.326 e. The molecule has 2 heterocycles. The van der Waals surface area contributed by atoms with Gasteiger partial charge in [-0.2, -0.15) is 0 Å². The third kappa shape index (κ3) is 8.09. The number of aliphatic carboxylic acids is 1. The van der Waals surface area contributed by atoms with Gasteiger partial charge in [-0.3, -0.25) is 9.59 Å². The largest absolute Gasteiger partial charge is 0.493 e. The molecule has 1 fully saturated rings. The zero-order chi connectivity index (χ0) is 27.7. The number of nitrogens with two attached hydrogens (primary N) is 1. The Bertz CT molecular complexity index is 1100. The minimum Gasteiger partial charge on any atom is -0.493 e.